The predicted molar refractivity (Wildman–Crippen MR) is 87.5 cm³/mol. The Kier molecular flexibility index (Phi) is 5.37. The summed E-state index contributed by atoms with van der Waals surface area (Å²) in [7, 11) is 0. The van der Waals surface area contributed by atoms with Crippen LogP contribution in [0, 0.1) is 13.7 Å². The standard InChI is InChI=1S/C12H12ClIN4O3/c13-11-3-8(14)1-2-12(11)15-5-10(19)7-17-6-9(4-16-17)18(20)21/h1-4,6,10,15,19H,5,7H2. The number of nitrogens with one attached hydrogen (secondary N) is 1. The highest BCUT2D eigenvalue weighted by Crippen LogP contribution is 2.23. The minimum Gasteiger partial charge on any atom is -0.389 e. The van der Waals surface area contributed by atoms with Crippen LogP contribution >= 0.6 is 34.2 Å². The van der Waals surface area contributed by atoms with E-state index in [1.165, 1.54) is 10.9 Å². The lowest BCUT2D eigenvalue weighted by Crippen LogP contribution is -2.25. The van der Waals surface area contributed by atoms with Gasteiger partial charge in [0.15, 0.2) is 0 Å². The van der Waals surface area contributed by atoms with Gasteiger partial charge in [-0.2, -0.15) is 5.10 Å². The van der Waals surface area contributed by atoms with Crippen molar-refractivity contribution in [1.29, 1.82) is 0 Å². The molecule has 1 aromatic carbocycles. The summed E-state index contributed by atoms with van der Waals surface area (Å²) in [6.07, 6.45) is 1.68. The Bertz CT molecular complexity index is 649. The number of aromatic nitrogens is 2. The molecular weight excluding hydrogens is 411 g/mol. The average Bonchev–Trinajstić information content (AvgIpc) is 2.86. The van der Waals surface area contributed by atoms with Crippen LogP contribution in [0.3, 0.4) is 0 Å². The topological polar surface area (TPSA) is 93.2 Å². The number of rotatable bonds is 6. The first-order chi connectivity index (χ1) is 9.95. The number of nitrogens with zero attached hydrogens (tertiary/aromatic N) is 3. The maximum atomic E-state index is 10.5. The van der Waals surface area contributed by atoms with Gasteiger partial charge in [0.25, 0.3) is 0 Å². The molecule has 1 aromatic heterocycles. The number of nitro groups is 1. The Balaban J connectivity index is 1.89. The van der Waals surface area contributed by atoms with Crippen LogP contribution in [0.15, 0.2) is 30.6 Å². The van der Waals surface area contributed by atoms with Gasteiger partial charge in [0, 0.05) is 10.1 Å². The second kappa shape index (κ2) is 7.05. The third-order valence-electron chi connectivity index (χ3n) is 2.69. The molecule has 2 rings (SSSR count). The molecule has 0 bridgehead atoms. The van der Waals surface area contributed by atoms with E-state index in [0.29, 0.717) is 5.02 Å². The molecule has 2 aromatic rings. The molecule has 0 fully saturated rings. The van der Waals surface area contributed by atoms with Crippen LogP contribution in [0.1, 0.15) is 0 Å². The van der Waals surface area contributed by atoms with E-state index in [1.54, 1.807) is 0 Å². The summed E-state index contributed by atoms with van der Waals surface area (Å²) in [6, 6.07) is 5.54. The number of anilines is 1. The Morgan fingerprint density at radius 3 is 2.95 bits per heavy atom. The Labute approximate surface area is 139 Å². The van der Waals surface area contributed by atoms with Gasteiger partial charge in [-0.15, -0.1) is 0 Å². The fraction of sp³-hybridized carbons (Fsp3) is 0.250. The van der Waals surface area contributed by atoms with Gasteiger partial charge >= 0.3 is 5.69 Å². The van der Waals surface area contributed by atoms with Gasteiger partial charge in [0.2, 0.25) is 0 Å². The molecule has 21 heavy (non-hydrogen) atoms. The van der Waals surface area contributed by atoms with E-state index in [4.69, 9.17) is 11.6 Å². The van der Waals surface area contributed by atoms with E-state index in [-0.39, 0.29) is 18.8 Å². The Morgan fingerprint density at radius 1 is 1.57 bits per heavy atom. The number of benzene rings is 1. The normalized spacial score (nSPS) is 12.1. The van der Waals surface area contributed by atoms with Crippen molar-refractivity contribution in [2.45, 2.75) is 12.6 Å². The van der Waals surface area contributed by atoms with Crippen LogP contribution in [0.4, 0.5) is 11.4 Å². The molecule has 0 aliphatic carbocycles. The first-order valence-corrected chi connectivity index (χ1v) is 7.45. The third-order valence-corrected chi connectivity index (χ3v) is 3.67. The Morgan fingerprint density at radius 2 is 2.33 bits per heavy atom. The molecule has 0 spiro atoms. The van der Waals surface area contributed by atoms with Crippen LogP contribution in [-0.4, -0.2) is 32.5 Å². The average molecular weight is 423 g/mol. The van der Waals surface area contributed by atoms with Crippen LogP contribution in [0.25, 0.3) is 0 Å². The van der Waals surface area contributed by atoms with Crippen LogP contribution < -0.4 is 5.32 Å². The molecule has 0 saturated carbocycles. The lowest BCUT2D eigenvalue weighted by molar-refractivity contribution is -0.385. The van der Waals surface area contributed by atoms with Crippen molar-refractivity contribution in [3.63, 3.8) is 0 Å². The summed E-state index contributed by atoms with van der Waals surface area (Å²) in [4.78, 5) is 10.0. The van der Waals surface area contributed by atoms with E-state index in [1.807, 2.05) is 18.2 Å². The zero-order valence-corrected chi connectivity index (χ0v) is 13.7. The molecule has 0 aliphatic heterocycles. The second-order valence-corrected chi connectivity index (χ2v) is 5.99. The molecule has 112 valence electrons. The molecule has 0 radical (unpaired) electrons. The van der Waals surface area contributed by atoms with Crippen molar-refractivity contribution >= 4 is 45.6 Å². The summed E-state index contributed by atoms with van der Waals surface area (Å²) < 4.78 is 2.35. The zero-order valence-electron chi connectivity index (χ0n) is 10.7. The highest BCUT2D eigenvalue weighted by molar-refractivity contribution is 14.1. The maximum absolute atomic E-state index is 10.5. The van der Waals surface area contributed by atoms with Crippen molar-refractivity contribution in [1.82, 2.24) is 9.78 Å². The molecule has 0 aliphatic rings. The van der Waals surface area contributed by atoms with Crippen molar-refractivity contribution in [2.75, 3.05) is 11.9 Å². The third kappa shape index (κ3) is 4.55. The number of hydrogen-bond acceptors (Lipinski definition) is 5. The van der Waals surface area contributed by atoms with Gasteiger partial charge in [-0.1, -0.05) is 11.6 Å². The van der Waals surface area contributed by atoms with Gasteiger partial charge in [-0.05, 0) is 40.8 Å². The van der Waals surface area contributed by atoms with Crippen LogP contribution in [-0.2, 0) is 6.54 Å². The largest absolute Gasteiger partial charge is 0.389 e. The SMILES string of the molecule is O=[N+]([O-])c1cnn(CC(O)CNc2ccc(I)cc2Cl)c1. The number of hydrogen-bond donors (Lipinski definition) is 2. The molecule has 1 atom stereocenters. The van der Waals surface area contributed by atoms with E-state index in [2.05, 4.69) is 33.0 Å². The molecule has 9 heteroatoms. The molecular formula is C12H12ClIN4O3. The first kappa shape index (κ1) is 16.0. The van der Waals surface area contributed by atoms with Crippen molar-refractivity contribution in [3.05, 3.63) is 49.3 Å². The molecule has 0 amide bonds. The lowest BCUT2D eigenvalue weighted by atomic mass is 10.3. The van der Waals surface area contributed by atoms with Gasteiger partial charge < -0.3 is 10.4 Å². The zero-order chi connectivity index (χ0) is 15.4. The minimum atomic E-state index is -0.750. The van der Waals surface area contributed by atoms with Gasteiger partial charge in [0.05, 0.1) is 28.3 Å². The maximum Gasteiger partial charge on any atom is 0.306 e. The highest BCUT2D eigenvalue weighted by Gasteiger charge is 2.12. The van der Waals surface area contributed by atoms with Gasteiger partial charge in [-0.3, -0.25) is 14.8 Å². The Hall–Kier alpha value is -1.39. The second-order valence-electron chi connectivity index (χ2n) is 4.34. The van der Waals surface area contributed by atoms with E-state index in [9.17, 15) is 15.2 Å². The van der Waals surface area contributed by atoms with Crippen molar-refractivity contribution in [2.24, 2.45) is 0 Å². The van der Waals surface area contributed by atoms with Crippen molar-refractivity contribution in [3.8, 4) is 0 Å². The van der Waals surface area contributed by atoms with Crippen LogP contribution in [0.2, 0.25) is 5.02 Å². The van der Waals surface area contributed by atoms with Crippen molar-refractivity contribution < 1.29 is 10.0 Å². The van der Waals surface area contributed by atoms with E-state index in [0.717, 1.165) is 15.5 Å². The number of aliphatic hydroxyl groups excluding tert-OH is 1. The minimum absolute atomic E-state index is 0.101. The summed E-state index contributed by atoms with van der Waals surface area (Å²) in [6.45, 7) is 0.413. The fourth-order valence-electron chi connectivity index (χ4n) is 1.69. The monoisotopic (exact) mass is 422 g/mol. The summed E-state index contributed by atoms with van der Waals surface area (Å²) in [5.74, 6) is 0. The molecule has 1 heterocycles. The molecule has 1 unspecified atom stereocenters. The lowest BCUT2D eigenvalue weighted by Gasteiger charge is -2.13. The quantitative estimate of drug-likeness (QED) is 0.424. The number of aliphatic hydroxyl groups is 1. The van der Waals surface area contributed by atoms with Crippen LogP contribution in [0.5, 0.6) is 0 Å². The number of halogens is 2. The molecule has 7 nitrogen and oxygen atoms in total. The highest BCUT2D eigenvalue weighted by atomic mass is 127. The molecule has 2 N–H and O–H groups in total. The van der Waals surface area contributed by atoms with Gasteiger partial charge in [-0.25, -0.2) is 0 Å². The van der Waals surface area contributed by atoms with E-state index >= 15 is 0 Å². The van der Waals surface area contributed by atoms with E-state index < -0.39 is 11.0 Å². The summed E-state index contributed by atoms with van der Waals surface area (Å²) in [5, 5.41) is 27.9. The first-order valence-electron chi connectivity index (χ1n) is 5.99. The van der Waals surface area contributed by atoms with Gasteiger partial charge in [0.1, 0.15) is 12.4 Å². The molecule has 0 saturated heterocycles. The fourth-order valence-corrected chi connectivity index (χ4v) is 2.61. The predicted octanol–water partition coefficient (Wildman–Crippen LogP) is 2.52. The summed E-state index contributed by atoms with van der Waals surface area (Å²) in [5.41, 5.74) is 0.624. The summed E-state index contributed by atoms with van der Waals surface area (Å²) >= 11 is 8.23. The smallest absolute Gasteiger partial charge is 0.306 e.